The number of nitrogens with one attached hydrogen (secondary N) is 5. The molecule has 0 fully saturated rings. The van der Waals surface area contributed by atoms with Gasteiger partial charge in [0.05, 0.1) is 5.41 Å². The SMILES string of the molecule is CC(C)(CC(C)(C)C(=O)NC(CCC(=O)NCCCNC(=O)c1ccc(NCCSNS)cc1)C(=O)O)C(=O)O. The highest BCUT2D eigenvalue weighted by Crippen LogP contribution is 2.34. The van der Waals surface area contributed by atoms with Gasteiger partial charge in [0.25, 0.3) is 5.91 Å². The van der Waals surface area contributed by atoms with Crippen molar-refractivity contribution in [3.05, 3.63) is 29.8 Å². The second kappa shape index (κ2) is 17.0. The van der Waals surface area contributed by atoms with Gasteiger partial charge >= 0.3 is 11.9 Å². The van der Waals surface area contributed by atoms with Crippen LogP contribution in [-0.4, -0.2) is 71.3 Å². The Labute approximate surface area is 244 Å². The summed E-state index contributed by atoms with van der Waals surface area (Å²) in [6, 6.07) is 5.78. The monoisotopic (exact) mass is 599 g/mol. The van der Waals surface area contributed by atoms with Crippen molar-refractivity contribution in [2.75, 3.05) is 30.7 Å². The van der Waals surface area contributed by atoms with Crippen molar-refractivity contribution in [3.8, 4) is 0 Å². The van der Waals surface area contributed by atoms with Crippen LogP contribution in [-0.2, 0) is 19.2 Å². The first-order valence-electron chi connectivity index (χ1n) is 12.9. The fraction of sp³-hybridized carbons (Fsp3) is 0.577. The van der Waals surface area contributed by atoms with Crippen molar-refractivity contribution in [1.82, 2.24) is 20.1 Å². The third-order valence-corrected chi connectivity index (χ3v) is 6.97. The quantitative estimate of drug-likeness (QED) is 0.0666. The van der Waals surface area contributed by atoms with Crippen LogP contribution in [0, 0.1) is 10.8 Å². The number of carboxylic acid groups (broad SMARTS) is 2. The summed E-state index contributed by atoms with van der Waals surface area (Å²) in [4.78, 5) is 60.3. The van der Waals surface area contributed by atoms with E-state index in [4.69, 9.17) is 0 Å². The lowest BCUT2D eigenvalue weighted by atomic mass is 9.74. The summed E-state index contributed by atoms with van der Waals surface area (Å²) in [5.74, 6) is -2.74. The van der Waals surface area contributed by atoms with Crippen molar-refractivity contribution in [2.45, 2.75) is 59.4 Å². The minimum absolute atomic E-state index is 0.00142. The summed E-state index contributed by atoms with van der Waals surface area (Å²) < 4.78 is 2.69. The molecule has 0 aliphatic rings. The zero-order chi connectivity index (χ0) is 30.3. The van der Waals surface area contributed by atoms with Crippen LogP contribution in [0.1, 0.15) is 63.7 Å². The molecule has 12 nitrogen and oxygen atoms in total. The first kappa shape index (κ1) is 35.1. The third kappa shape index (κ3) is 12.9. The van der Waals surface area contributed by atoms with Crippen LogP contribution in [0.5, 0.6) is 0 Å². The Hall–Kier alpha value is -2.97. The van der Waals surface area contributed by atoms with Crippen LogP contribution in [0.25, 0.3) is 0 Å². The highest BCUT2D eigenvalue weighted by Gasteiger charge is 2.40. The number of thiol groups is 1. The van der Waals surface area contributed by atoms with Crippen molar-refractivity contribution in [1.29, 1.82) is 0 Å². The zero-order valence-electron chi connectivity index (χ0n) is 23.3. The molecule has 0 bridgehead atoms. The van der Waals surface area contributed by atoms with Gasteiger partial charge in [-0.1, -0.05) is 38.6 Å². The maximum absolute atomic E-state index is 12.7. The molecule has 0 saturated heterocycles. The summed E-state index contributed by atoms with van der Waals surface area (Å²) in [6.45, 7) is 7.45. The largest absolute Gasteiger partial charge is 0.481 e. The van der Waals surface area contributed by atoms with Gasteiger partial charge < -0.3 is 31.5 Å². The Morgan fingerprint density at radius 1 is 0.925 bits per heavy atom. The number of carbonyl (C=O) groups is 5. The van der Waals surface area contributed by atoms with Gasteiger partial charge in [-0.2, -0.15) is 0 Å². The molecule has 1 rings (SSSR count). The predicted octanol–water partition coefficient (Wildman–Crippen LogP) is 2.29. The van der Waals surface area contributed by atoms with E-state index in [0.717, 1.165) is 18.0 Å². The molecule has 0 aliphatic carbocycles. The molecule has 3 amide bonds. The van der Waals surface area contributed by atoms with Gasteiger partial charge in [-0.25, -0.2) is 8.92 Å². The molecule has 224 valence electrons. The van der Waals surface area contributed by atoms with Crippen molar-refractivity contribution < 1.29 is 34.2 Å². The molecule has 1 unspecified atom stereocenters. The van der Waals surface area contributed by atoms with Crippen LogP contribution in [0.2, 0.25) is 0 Å². The van der Waals surface area contributed by atoms with Gasteiger partial charge in [0.15, 0.2) is 0 Å². The Kier molecular flexibility index (Phi) is 14.9. The highest BCUT2D eigenvalue weighted by molar-refractivity contribution is 8.06. The third-order valence-electron chi connectivity index (χ3n) is 6.05. The Morgan fingerprint density at radius 3 is 2.12 bits per heavy atom. The molecule has 7 N–H and O–H groups in total. The number of aliphatic carboxylic acids is 2. The van der Waals surface area contributed by atoms with Gasteiger partial charge in [-0.05, 0) is 57.4 Å². The van der Waals surface area contributed by atoms with Gasteiger partial charge in [0, 0.05) is 48.5 Å². The average Bonchev–Trinajstić information content (AvgIpc) is 2.88. The summed E-state index contributed by atoms with van der Waals surface area (Å²) in [7, 11) is 0. The van der Waals surface area contributed by atoms with Crippen LogP contribution in [0.15, 0.2) is 24.3 Å². The number of hydrogen-bond donors (Lipinski definition) is 8. The van der Waals surface area contributed by atoms with Gasteiger partial charge in [-0.3, -0.25) is 19.2 Å². The van der Waals surface area contributed by atoms with Gasteiger partial charge in [0.2, 0.25) is 11.8 Å². The molecular weight excluding hydrogens is 558 g/mol. The number of hydrogen-bond acceptors (Lipinski definition) is 9. The molecule has 0 aromatic heterocycles. The van der Waals surface area contributed by atoms with E-state index in [0.29, 0.717) is 18.5 Å². The Morgan fingerprint density at radius 2 is 1.55 bits per heavy atom. The fourth-order valence-corrected chi connectivity index (χ4v) is 4.46. The molecule has 0 heterocycles. The van der Waals surface area contributed by atoms with Crippen LogP contribution < -0.4 is 25.4 Å². The van der Waals surface area contributed by atoms with E-state index in [9.17, 15) is 34.2 Å². The van der Waals surface area contributed by atoms with E-state index in [1.807, 2.05) is 12.1 Å². The first-order valence-corrected chi connectivity index (χ1v) is 14.3. The maximum atomic E-state index is 12.7. The summed E-state index contributed by atoms with van der Waals surface area (Å²) in [6.07, 6.45) is 0.217. The lowest BCUT2D eigenvalue weighted by molar-refractivity contribution is -0.151. The van der Waals surface area contributed by atoms with Gasteiger partial charge in [-0.15, -0.1) is 0 Å². The molecule has 40 heavy (non-hydrogen) atoms. The molecule has 0 aliphatic heterocycles. The van der Waals surface area contributed by atoms with E-state index < -0.39 is 34.7 Å². The van der Waals surface area contributed by atoms with Crippen molar-refractivity contribution >= 4 is 60.1 Å². The number of amides is 3. The maximum Gasteiger partial charge on any atom is 0.326 e. The lowest BCUT2D eigenvalue weighted by Gasteiger charge is -2.32. The summed E-state index contributed by atoms with van der Waals surface area (Å²) >= 11 is 5.37. The number of carbonyl (C=O) groups excluding carboxylic acids is 3. The van der Waals surface area contributed by atoms with E-state index in [1.54, 1.807) is 26.0 Å². The van der Waals surface area contributed by atoms with E-state index in [1.165, 1.54) is 25.8 Å². The molecule has 14 heteroatoms. The molecule has 1 aromatic carbocycles. The molecule has 0 spiro atoms. The van der Waals surface area contributed by atoms with Crippen LogP contribution in [0.3, 0.4) is 0 Å². The minimum Gasteiger partial charge on any atom is -0.481 e. The number of rotatable bonds is 19. The lowest BCUT2D eigenvalue weighted by Crippen LogP contribution is -2.48. The van der Waals surface area contributed by atoms with Crippen molar-refractivity contribution in [3.63, 3.8) is 0 Å². The highest BCUT2D eigenvalue weighted by atomic mass is 32.2. The first-order chi connectivity index (χ1) is 18.7. The van der Waals surface area contributed by atoms with Crippen LogP contribution >= 0.6 is 24.8 Å². The standard InChI is InChI=1S/C26H41N5O7S2/c1-25(2,16-26(3,4)24(37)38)23(36)30-19(22(34)35)10-11-20(32)28-12-5-13-29-21(33)17-6-8-18(9-7-17)27-14-15-40-31-39/h6-9,19,27,31,39H,5,10-16H2,1-4H3,(H,28,32)(H,29,33)(H,30,36)(H,34,35)(H,37,38). The summed E-state index contributed by atoms with van der Waals surface area (Å²) in [5.41, 5.74) is -0.902. The molecule has 0 radical (unpaired) electrons. The van der Waals surface area contributed by atoms with E-state index in [2.05, 4.69) is 38.2 Å². The Bertz CT molecular complexity index is 1020. The van der Waals surface area contributed by atoms with E-state index >= 15 is 0 Å². The zero-order valence-corrected chi connectivity index (χ0v) is 25.0. The molecule has 0 saturated carbocycles. The molecule has 1 atom stereocenters. The number of anilines is 1. The molecule has 1 aromatic rings. The predicted molar refractivity (Wildman–Crippen MR) is 158 cm³/mol. The molecular formula is C26H41N5O7S2. The average molecular weight is 600 g/mol. The number of benzene rings is 1. The Balaban J connectivity index is 2.38. The second-order valence-electron chi connectivity index (χ2n) is 10.6. The van der Waals surface area contributed by atoms with Crippen molar-refractivity contribution in [2.24, 2.45) is 10.8 Å². The van der Waals surface area contributed by atoms with E-state index in [-0.39, 0.29) is 37.6 Å². The normalized spacial score (nSPS) is 12.2. The van der Waals surface area contributed by atoms with Gasteiger partial charge in [0.1, 0.15) is 6.04 Å². The summed E-state index contributed by atoms with van der Waals surface area (Å²) in [5, 5.41) is 29.9. The van der Waals surface area contributed by atoms with Crippen LogP contribution in [0.4, 0.5) is 5.69 Å². The minimum atomic E-state index is -1.30. The fourth-order valence-electron chi connectivity index (χ4n) is 3.89. The second-order valence-corrected chi connectivity index (χ2v) is 12.0. The number of carboxylic acids is 2. The smallest absolute Gasteiger partial charge is 0.326 e. The topological polar surface area (TPSA) is 186 Å².